The zero-order chi connectivity index (χ0) is 33.8. The molecule has 0 aliphatic rings. The maximum absolute atomic E-state index is 13.8. The lowest BCUT2D eigenvalue weighted by Crippen LogP contribution is -2.60. The van der Waals surface area contributed by atoms with E-state index in [2.05, 4.69) is 21.3 Å². The Balaban J connectivity index is 2.39. The molecule has 12 nitrogen and oxygen atoms in total. The van der Waals surface area contributed by atoms with E-state index in [1.165, 1.54) is 13.0 Å². The molecule has 246 valence electrons. The molecule has 2 aromatic carbocycles. The lowest BCUT2D eigenvalue weighted by atomic mass is 9.99. The summed E-state index contributed by atoms with van der Waals surface area (Å²) in [6.45, 7) is 8.83. The quantitative estimate of drug-likeness (QED) is 0.126. The van der Waals surface area contributed by atoms with Gasteiger partial charge in [0.2, 0.25) is 29.5 Å². The van der Waals surface area contributed by atoms with Gasteiger partial charge in [-0.2, -0.15) is 0 Å². The summed E-state index contributed by atoms with van der Waals surface area (Å²) in [5.74, 6) is -3.22. The molecular formula is C32H45IN6O6. The normalized spacial score (nSPS) is 14.5. The van der Waals surface area contributed by atoms with Crippen LogP contribution in [-0.4, -0.2) is 64.9 Å². The fraction of sp³-hybridized carbons (Fsp3) is 0.469. The van der Waals surface area contributed by atoms with Crippen LogP contribution >= 0.6 is 22.6 Å². The third-order valence-electron chi connectivity index (χ3n) is 7.10. The lowest BCUT2D eigenvalue weighted by Gasteiger charge is -2.28. The summed E-state index contributed by atoms with van der Waals surface area (Å²) >= 11 is 1.96. The Morgan fingerprint density at radius 3 is 1.84 bits per heavy atom. The van der Waals surface area contributed by atoms with Gasteiger partial charge in [0.1, 0.15) is 29.9 Å². The number of phenolic OH excluding ortho intramolecular Hbond substituents is 1. The Morgan fingerprint density at radius 2 is 1.31 bits per heavy atom. The number of phenols is 1. The molecule has 0 heterocycles. The Hall–Kier alpha value is -3.72. The van der Waals surface area contributed by atoms with Crippen molar-refractivity contribution in [3.05, 3.63) is 63.2 Å². The highest BCUT2D eigenvalue weighted by Gasteiger charge is 2.32. The SMILES string of the molecule is CC(C)C[C@@H](N)C(=O)N[C@@H](C(=O)N[C@H](Cc1ccc(O)c(I)c1)C(=O)N[C@H](Cc1ccccc1)C(=O)N[C@H](C)C(N)=O)C(C)C. The second kappa shape index (κ2) is 17.7. The first kappa shape index (κ1) is 37.5. The molecule has 0 radical (unpaired) electrons. The van der Waals surface area contributed by atoms with Gasteiger partial charge in [0.05, 0.1) is 9.61 Å². The van der Waals surface area contributed by atoms with Crippen LogP contribution in [0.1, 0.15) is 52.2 Å². The van der Waals surface area contributed by atoms with Gasteiger partial charge in [-0.3, -0.25) is 24.0 Å². The van der Waals surface area contributed by atoms with Crippen LogP contribution in [0, 0.1) is 15.4 Å². The number of carbonyl (C=O) groups is 5. The van der Waals surface area contributed by atoms with E-state index in [0.717, 1.165) is 5.56 Å². The molecule has 5 amide bonds. The number of hydrogen-bond acceptors (Lipinski definition) is 7. The first-order valence-electron chi connectivity index (χ1n) is 14.9. The van der Waals surface area contributed by atoms with E-state index in [1.54, 1.807) is 50.2 Å². The van der Waals surface area contributed by atoms with Crippen molar-refractivity contribution in [2.75, 3.05) is 0 Å². The van der Waals surface area contributed by atoms with Crippen LogP contribution in [0.15, 0.2) is 48.5 Å². The zero-order valence-electron chi connectivity index (χ0n) is 26.3. The number of benzene rings is 2. The summed E-state index contributed by atoms with van der Waals surface area (Å²) in [7, 11) is 0. The van der Waals surface area contributed by atoms with Crippen molar-refractivity contribution in [3.8, 4) is 5.75 Å². The van der Waals surface area contributed by atoms with Crippen LogP contribution in [0.3, 0.4) is 0 Å². The van der Waals surface area contributed by atoms with Gasteiger partial charge in [-0.1, -0.05) is 64.1 Å². The van der Waals surface area contributed by atoms with Crippen LogP contribution in [0.5, 0.6) is 5.75 Å². The molecular weight excluding hydrogens is 691 g/mol. The van der Waals surface area contributed by atoms with Gasteiger partial charge >= 0.3 is 0 Å². The number of nitrogens with two attached hydrogens (primary N) is 2. The molecule has 0 spiro atoms. The van der Waals surface area contributed by atoms with Gasteiger partial charge < -0.3 is 37.8 Å². The van der Waals surface area contributed by atoms with E-state index >= 15 is 0 Å². The van der Waals surface area contributed by atoms with Crippen LogP contribution in [-0.2, 0) is 36.8 Å². The highest BCUT2D eigenvalue weighted by Crippen LogP contribution is 2.21. The number of nitrogens with one attached hydrogen (secondary N) is 4. The molecule has 0 bridgehead atoms. The minimum Gasteiger partial charge on any atom is -0.507 e. The average molecular weight is 737 g/mol. The summed E-state index contributed by atoms with van der Waals surface area (Å²) in [6.07, 6.45) is 0.541. The number of carbonyl (C=O) groups excluding carboxylic acids is 5. The van der Waals surface area contributed by atoms with Crippen LogP contribution in [0.25, 0.3) is 0 Å². The fourth-order valence-electron chi connectivity index (χ4n) is 4.51. The Bertz CT molecular complexity index is 1340. The summed E-state index contributed by atoms with van der Waals surface area (Å²) in [5, 5.41) is 20.7. The van der Waals surface area contributed by atoms with Crippen LogP contribution in [0.2, 0.25) is 0 Å². The van der Waals surface area contributed by atoms with E-state index in [0.29, 0.717) is 15.6 Å². The third-order valence-corrected chi connectivity index (χ3v) is 7.96. The van der Waals surface area contributed by atoms with Gasteiger partial charge in [-0.25, -0.2) is 0 Å². The van der Waals surface area contributed by atoms with Gasteiger partial charge in [-0.05, 0) is 71.0 Å². The van der Waals surface area contributed by atoms with E-state index in [4.69, 9.17) is 11.5 Å². The summed E-state index contributed by atoms with van der Waals surface area (Å²) < 4.78 is 0.545. The zero-order valence-corrected chi connectivity index (χ0v) is 28.5. The van der Waals surface area contributed by atoms with Gasteiger partial charge in [0.15, 0.2) is 0 Å². The van der Waals surface area contributed by atoms with Crippen molar-refractivity contribution in [1.82, 2.24) is 21.3 Å². The maximum Gasteiger partial charge on any atom is 0.243 e. The highest BCUT2D eigenvalue weighted by molar-refractivity contribution is 14.1. The number of amides is 5. The highest BCUT2D eigenvalue weighted by atomic mass is 127. The molecule has 5 atom stereocenters. The molecule has 0 saturated heterocycles. The molecule has 2 rings (SSSR count). The average Bonchev–Trinajstić information content (AvgIpc) is 2.96. The monoisotopic (exact) mass is 736 g/mol. The summed E-state index contributed by atoms with van der Waals surface area (Å²) in [5.41, 5.74) is 12.8. The predicted molar refractivity (Wildman–Crippen MR) is 180 cm³/mol. The Labute approximate surface area is 278 Å². The number of halogens is 1. The number of rotatable bonds is 16. The van der Waals surface area contributed by atoms with Crippen molar-refractivity contribution >= 4 is 52.1 Å². The molecule has 0 saturated carbocycles. The van der Waals surface area contributed by atoms with Crippen molar-refractivity contribution in [3.63, 3.8) is 0 Å². The molecule has 2 aromatic rings. The van der Waals surface area contributed by atoms with Gasteiger partial charge in [0.25, 0.3) is 0 Å². The minimum atomic E-state index is -1.18. The Kier molecular flexibility index (Phi) is 14.7. The smallest absolute Gasteiger partial charge is 0.243 e. The molecule has 9 N–H and O–H groups in total. The summed E-state index contributed by atoms with van der Waals surface area (Å²) in [4.78, 5) is 65.1. The van der Waals surface area contributed by atoms with Crippen molar-refractivity contribution in [2.45, 2.75) is 84.1 Å². The van der Waals surface area contributed by atoms with Crippen LogP contribution in [0.4, 0.5) is 0 Å². The second-order valence-electron chi connectivity index (χ2n) is 11.9. The summed E-state index contributed by atoms with van der Waals surface area (Å²) in [6, 6.07) is 8.69. The standard InChI is InChI=1S/C32H45IN6O6/c1-17(2)13-23(34)29(42)39-27(18(3)4)32(45)38-25(16-21-11-12-26(40)22(33)14-21)31(44)37-24(15-20-9-7-6-8-10-20)30(43)36-19(5)28(35)41/h6-12,14,17-19,23-25,27,40H,13,15-16,34H2,1-5H3,(H2,35,41)(H,36,43)(H,37,44)(H,38,45)(H,39,42)/t19-,23-,24-,25-,27-/m1/s1. The Morgan fingerprint density at radius 1 is 0.756 bits per heavy atom. The molecule has 0 fully saturated rings. The largest absolute Gasteiger partial charge is 0.507 e. The second-order valence-corrected chi connectivity index (χ2v) is 13.1. The third kappa shape index (κ3) is 12.3. The maximum atomic E-state index is 13.8. The first-order chi connectivity index (χ1) is 21.1. The minimum absolute atomic E-state index is 0.0108. The molecule has 45 heavy (non-hydrogen) atoms. The predicted octanol–water partition coefficient (Wildman–Crippen LogP) is 1.26. The molecule has 0 unspecified atom stereocenters. The topological polar surface area (TPSA) is 206 Å². The first-order valence-corrected chi connectivity index (χ1v) is 15.9. The van der Waals surface area contributed by atoms with Crippen molar-refractivity contribution in [1.29, 1.82) is 0 Å². The van der Waals surface area contributed by atoms with E-state index < -0.39 is 59.7 Å². The fourth-order valence-corrected chi connectivity index (χ4v) is 5.09. The molecule has 0 aliphatic carbocycles. The van der Waals surface area contributed by atoms with E-state index in [1.807, 2.05) is 42.5 Å². The number of aromatic hydroxyl groups is 1. The lowest BCUT2D eigenvalue weighted by molar-refractivity contribution is -0.135. The van der Waals surface area contributed by atoms with Crippen molar-refractivity contribution in [2.24, 2.45) is 23.3 Å². The van der Waals surface area contributed by atoms with Crippen LogP contribution < -0.4 is 32.7 Å². The number of primary amides is 1. The van der Waals surface area contributed by atoms with E-state index in [-0.39, 0.29) is 30.4 Å². The molecule has 0 aromatic heterocycles. The molecule has 13 heteroatoms. The number of hydrogen-bond donors (Lipinski definition) is 7. The van der Waals surface area contributed by atoms with E-state index in [9.17, 15) is 29.1 Å². The van der Waals surface area contributed by atoms with Crippen molar-refractivity contribution < 1.29 is 29.1 Å². The molecule has 0 aliphatic heterocycles. The van der Waals surface area contributed by atoms with Gasteiger partial charge in [0, 0.05) is 12.8 Å². The van der Waals surface area contributed by atoms with Gasteiger partial charge in [-0.15, -0.1) is 0 Å².